The highest BCUT2D eigenvalue weighted by molar-refractivity contribution is 5.94. The maximum atomic E-state index is 13.0. The molecule has 0 aliphatic heterocycles. The van der Waals surface area contributed by atoms with Crippen LogP contribution in [-0.2, 0) is 12.4 Å². The van der Waals surface area contributed by atoms with Crippen LogP contribution in [0.25, 0.3) is 0 Å². The summed E-state index contributed by atoms with van der Waals surface area (Å²) < 4.78 is 83.5. The van der Waals surface area contributed by atoms with Crippen molar-refractivity contribution in [2.75, 3.05) is 25.6 Å². The number of amides is 1. The van der Waals surface area contributed by atoms with E-state index >= 15 is 0 Å². The molecule has 0 radical (unpaired) electrons. The Labute approximate surface area is 193 Å². The van der Waals surface area contributed by atoms with Gasteiger partial charge >= 0.3 is 12.4 Å². The van der Waals surface area contributed by atoms with Crippen LogP contribution in [0.15, 0.2) is 36.5 Å². The van der Waals surface area contributed by atoms with Gasteiger partial charge in [0.15, 0.2) is 11.6 Å². The summed E-state index contributed by atoms with van der Waals surface area (Å²) in [5.74, 6) is 0.464. The zero-order valence-corrected chi connectivity index (χ0v) is 18.6. The van der Waals surface area contributed by atoms with Gasteiger partial charge in [0.25, 0.3) is 5.91 Å². The minimum absolute atomic E-state index is 0.00510. The summed E-state index contributed by atoms with van der Waals surface area (Å²) in [7, 11) is 3.49. The van der Waals surface area contributed by atoms with Gasteiger partial charge in [-0.25, -0.2) is 4.98 Å². The molecule has 0 atom stereocenters. The first-order chi connectivity index (χ1) is 15.9. The van der Waals surface area contributed by atoms with Crippen molar-refractivity contribution in [2.24, 2.45) is 5.92 Å². The van der Waals surface area contributed by atoms with Crippen LogP contribution >= 0.6 is 0 Å². The van der Waals surface area contributed by atoms with E-state index in [4.69, 9.17) is 4.74 Å². The number of carbonyl (C=O) groups excluding carboxylic acids is 1. The van der Waals surface area contributed by atoms with Gasteiger partial charge in [0.2, 0.25) is 0 Å². The predicted octanol–water partition coefficient (Wildman–Crippen LogP) is 5.55. The maximum absolute atomic E-state index is 13.0. The Morgan fingerprint density at radius 2 is 1.65 bits per heavy atom. The Hall–Kier alpha value is -2.98. The van der Waals surface area contributed by atoms with Gasteiger partial charge in [-0.05, 0) is 61.9 Å². The van der Waals surface area contributed by atoms with Crippen LogP contribution in [0.4, 0.5) is 32.2 Å². The van der Waals surface area contributed by atoms with Crippen molar-refractivity contribution in [2.45, 2.75) is 44.1 Å². The third-order valence-electron chi connectivity index (χ3n) is 6.07. The largest absolute Gasteiger partial charge is 0.493 e. The van der Waals surface area contributed by atoms with Crippen LogP contribution in [-0.4, -0.2) is 37.6 Å². The highest BCUT2D eigenvalue weighted by Gasteiger charge is 2.37. The number of nitrogens with zero attached hydrogens (tertiary/aromatic N) is 2. The van der Waals surface area contributed by atoms with E-state index in [-0.39, 0.29) is 24.6 Å². The Balaban J connectivity index is 1.60. The van der Waals surface area contributed by atoms with Gasteiger partial charge in [0.05, 0.1) is 18.2 Å². The summed E-state index contributed by atoms with van der Waals surface area (Å²) in [6.45, 7) is 0.166. The molecule has 1 N–H and O–H groups in total. The monoisotopic (exact) mass is 489 g/mol. The molecule has 2 aromatic rings. The average molecular weight is 489 g/mol. The first-order valence-electron chi connectivity index (χ1n) is 10.7. The minimum Gasteiger partial charge on any atom is -0.493 e. The first kappa shape index (κ1) is 25.6. The molecule has 34 heavy (non-hydrogen) atoms. The molecule has 1 aliphatic rings. The Kier molecular flexibility index (Phi) is 7.62. The normalized spacial score (nSPS) is 18.9. The summed E-state index contributed by atoms with van der Waals surface area (Å²) in [5.41, 5.74) is -3.69. The van der Waals surface area contributed by atoms with Crippen LogP contribution in [0, 0.1) is 5.92 Å². The maximum Gasteiger partial charge on any atom is 0.416 e. The van der Waals surface area contributed by atoms with Crippen molar-refractivity contribution in [1.82, 2.24) is 10.3 Å². The highest BCUT2D eigenvalue weighted by Crippen LogP contribution is 2.36. The number of rotatable bonds is 6. The van der Waals surface area contributed by atoms with Gasteiger partial charge in [-0.2, -0.15) is 26.3 Å². The molecule has 1 amide bonds. The Morgan fingerprint density at radius 3 is 2.18 bits per heavy atom. The standard InChI is InChI=1S/C23H25F6N3O2/c1-32(20-19(34-2)4-3-9-30-20)18-7-5-14(6-8-18)13-31-21(33)15-10-16(22(24,25)26)12-17(11-15)23(27,28)29/h3-4,9-12,14,18H,5-8,13H2,1-2H3,(H,31,33). The van der Waals surface area contributed by atoms with Gasteiger partial charge in [0, 0.05) is 31.4 Å². The molecule has 0 saturated heterocycles. The molecular weight excluding hydrogens is 464 g/mol. The zero-order valence-electron chi connectivity index (χ0n) is 18.6. The van der Waals surface area contributed by atoms with Crippen LogP contribution < -0.4 is 15.0 Å². The summed E-state index contributed by atoms with van der Waals surface area (Å²) in [4.78, 5) is 18.8. The number of aromatic nitrogens is 1. The second-order valence-corrected chi connectivity index (χ2v) is 8.32. The predicted molar refractivity (Wildman–Crippen MR) is 114 cm³/mol. The molecule has 1 aromatic carbocycles. The molecule has 0 spiro atoms. The van der Waals surface area contributed by atoms with E-state index in [2.05, 4.69) is 10.3 Å². The van der Waals surface area contributed by atoms with Gasteiger partial charge in [-0.15, -0.1) is 0 Å². The lowest BCUT2D eigenvalue weighted by Crippen LogP contribution is -2.38. The molecule has 11 heteroatoms. The van der Waals surface area contributed by atoms with Crippen LogP contribution in [0.5, 0.6) is 5.75 Å². The second kappa shape index (κ2) is 10.1. The number of hydrogen-bond donors (Lipinski definition) is 1. The number of benzene rings is 1. The number of pyridine rings is 1. The van der Waals surface area contributed by atoms with Crippen molar-refractivity contribution in [3.8, 4) is 5.75 Å². The molecule has 0 bridgehead atoms. The van der Waals surface area contributed by atoms with E-state index in [9.17, 15) is 31.1 Å². The van der Waals surface area contributed by atoms with E-state index in [1.54, 1.807) is 19.4 Å². The minimum atomic E-state index is -5.00. The molecule has 1 heterocycles. The number of alkyl halides is 6. The number of nitrogens with one attached hydrogen (secondary N) is 1. The molecule has 3 rings (SSSR count). The van der Waals surface area contributed by atoms with E-state index in [1.807, 2.05) is 18.0 Å². The quantitative estimate of drug-likeness (QED) is 0.541. The fourth-order valence-electron chi connectivity index (χ4n) is 4.14. The highest BCUT2D eigenvalue weighted by atomic mass is 19.4. The molecule has 186 valence electrons. The SMILES string of the molecule is COc1cccnc1N(C)C1CCC(CNC(=O)c2cc(C(F)(F)F)cc(C(F)(F)F)c2)CC1. The van der Waals surface area contributed by atoms with Gasteiger partial charge in [-0.3, -0.25) is 4.79 Å². The third kappa shape index (κ3) is 6.12. The lowest BCUT2D eigenvalue weighted by Gasteiger charge is -2.35. The van der Waals surface area contributed by atoms with E-state index in [0.717, 1.165) is 25.7 Å². The van der Waals surface area contributed by atoms with Crippen LogP contribution in [0.3, 0.4) is 0 Å². The average Bonchev–Trinajstić information content (AvgIpc) is 2.81. The molecule has 1 aliphatic carbocycles. The van der Waals surface area contributed by atoms with E-state index < -0.39 is 35.0 Å². The second-order valence-electron chi connectivity index (χ2n) is 8.32. The fourth-order valence-corrected chi connectivity index (χ4v) is 4.14. The fraction of sp³-hybridized carbons (Fsp3) is 0.478. The van der Waals surface area contributed by atoms with Crippen LogP contribution in [0.2, 0.25) is 0 Å². The number of methoxy groups -OCH3 is 1. The number of halogens is 6. The molecule has 5 nitrogen and oxygen atoms in total. The van der Waals surface area contributed by atoms with E-state index in [0.29, 0.717) is 23.7 Å². The summed E-state index contributed by atoms with van der Waals surface area (Å²) in [5, 5.41) is 2.50. The Morgan fingerprint density at radius 1 is 1.06 bits per heavy atom. The van der Waals surface area contributed by atoms with E-state index in [1.165, 1.54) is 0 Å². The molecular formula is C23H25F6N3O2. The van der Waals surface area contributed by atoms with Crippen molar-refractivity contribution in [3.05, 3.63) is 53.2 Å². The lowest BCUT2D eigenvalue weighted by atomic mass is 9.85. The van der Waals surface area contributed by atoms with Gasteiger partial charge in [-0.1, -0.05) is 0 Å². The Bertz CT molecular complexity index is 969. The summed E-state index contributed by atoms with van der Waals surface area (Å²) in [6.07, 6.45) is -5.28. The molecule has 1 aromatic heterocycles. The van der Waals surface area contributed by atoms with Crippen molar-refractivity contribution in [1.29, 1.82) is 0 Å². The zero-order chi connectivity index (χ0) is 25.1. The van der Waals surface area contributed by atoms with Crippen molar-refractivity contribution >= 4 is 11.7 Å². The smallest absolute Gasteiger partial charge is 0.416 e. The first-order valence-corrected chi connectivity index (χ1v) is 10.7. The number of hydrogen-bond acceptors (Lipinski definition) is 4. The topological polar surface area (TPSA) is 54.5 Å². The number of anilines is 1. The molecule has 0 unspecified atom stereocenters. The van der Waals surface area contributed by atoms with Gasteiger partial charge < -0.3 is 15.0 Å². The summed E-state index contributed by atoms with van der Waals surface area (Å²) >= 11 is 0. The number of carbonyl (C=O) groups is 1. The van der Waals surface area contributed by atoms with Crippen molar-refractivity contribution < 1.29 is 35.9 Å². The van der Waals surface area contributed by atoms with Crippen molar-refractivity contribution in [3.63, 3.8) is 0 Å². The molecule has 1 fully saturated rings. The lowest BCUT2D eigenvalue weighted by molar-refractivity contribution is -0.143. The third-order valence-corrected chi connectivity index (χ3v) is 6.07. The number of ether oxygens (including phenoxy) is 1. The van der Waals surface area contributed by atoms with Crippen LogP contribution in [0.1, 0.15) is 47.2 Å². The summed E-state index contributed by atoms with van der Waals surface area (Å²) in [6, 6.07) is 4.67. The molecule has 1 saturated carbocycles. The van der Waals surface area contributed by atoms with Gasteiger partial charge in [0.1, 0.15) is 0 Å².